The first-order valence-electron chi connectivity index (χ1n) is 8.14. The third kappa shape index (κ3) is 3.18. The van der Waals surface area contributed by atoms with E-state index in [1.54, 1.807) is 20.2 Å². The third-order valence-electron chi connectivity index (χ3n) is 4.44. The van der Waals surface area contributed by atoms with Crippen molar-refractivity contribution in [3.63, 3.8) is 0 Å². The zero-order valence-electron chi connectivity index (χ0n) is 14.0. The van der Waals surface area contributed by atoms with Gasteiger partial charge < -0.3 is 15.4 Å². The Morgan fingerprint density at radius 2 is 2.21 bits per heavy atom. The first kappa shape index (κ1) is 16.2. The van der Waals surface area contributed by atoms with Gasteiger partial charge in [-0.1, -0.05) is 12.1 Å². The fourth-order valence-corrected chi connectivity index (χ4v) is 3.27. The maximum Gasteiger partial charge on any atom is 0.220 e. The standard InChI is InChI=1S/C18H22N4O2/c1-12(23)22-9-4-3-8-16(22)17-15(11-20-18(19)21-17)13-6-5-7-14(10-13)24-2/h5-7,10-11,16H,3-4,8-9H2,1-2H3,(H2,19,20,21)/t16-/m0/s1. The number of ether oxygens (including phenoxy) is 1. The van der Waals surface area contributed by atoms with Gasteiger partial charge >= 0.3 is 0 Å². The molecular formula is C18H22N4O2. The molecule has 1 aromatic carbocycles. The van der Waals surface area contributed by atoms with E-state index >= 15 is 0 Å². The van der Waals surface area contributed by atoms with Crippen molar-refractivity contribution in [1.29, 1.82) is 0 Å². The van der Waals surface area contributed by atoms with Gasteiger partial charge in [-0.05, 0) is 37.0 Å². The van der Waals surface area contributed by atoms with Crippen molar-refractivity contribution < 1.29 is 9.53 Å². The molecule has 2 aromatic rings. The molecule has 2 heterocycles. The second kappa shape index (κ2) is 6.86. The highest BCUT2D eigenvalue weighted by Gasteiger charge is 2.29. The number of likely N-dealkylation sites (tertiary alicyclic amines) is 1. The summed E-state index contributed by atoms with van der Waals surface area (Å²) in [6.45, 7) is 2.36. The lowest BCUT2D eigenvalue weighted by Gasteiger charge is -2.35. The molecule has 1 atom stereocenters. The maximum absolute atomic E-state index is 12.0. The van der Waals surface area contributed by atoms with Crippen LogP contribution >= 0.6 is 0 Å². The smallest absolute Gasteiger partial charge is 0.220 e. The Bertz CT molecular complexity index is 748. The molecule has 126 valence electrons. The summed E-state index contributed by atoms with van der Waals surface area (Å²) >= 11 is 0. The van der Waals surface area contributed by atoms with Crippen LogP contribution in [0.25, 0.3) is 11.1 Å². The van der Waals surface area contributed by atoms with Crippen LogP contribution in [0.2, 0.25) is 0 Å². The molecule has 1 saturated heterocycles. The largest absolute Gasteiger partial charge is 0.497 e. The van der Waals surface area contributed by atoms with Gasteiger partial charge in [0.25, 0.3) is 0 Å². The molecule has 6 nitrogen and oxygen atoms in total. The van der Waals surface area contributed by atoms with Crippen LogP contribution < -0.4 is 10.5 Å². The number of hydrogen-bond donors (Lipinski definition) is 1. The van der Waals surface area contributed by atoms with E-state index in [-0.39, 0.29) is 17.9 Å². The van der Waals surface area contributed by atoms with Crippen LogP contribution in [0.15, 0.2) is 30.5 Å². The lowest BCUT2D eigenvalue weighted by Crippen LogP contribution is -2.37. The quantitative estimate of drug-likeness (QED) is 0.938. The third-order valence-corrected chi connectivity index (χ3v) is 4.44. The number of nitrogen functional groups attached to an aromatic ring is 1. The van der Waals surface area contributed by atoms with Crippen LogP contribution in [0.5, 0.6) is 5.75 Å². The van der Waals surface area contributed by atoms with Gasteiger partial charge in [-0.25, -0.2) is 9.97 Å². The maximum atomic E-state index is 12.0. The predicted octanol–water partition coefficient (Wildman–Crippen LogP) is 2.81. The minimum absolute atomic E-state index is 0.0634. The number of amides is 1. The van der Waals surface area contributed by atoms with Gasteiger partial charge in [-0.2, -0.15) is 0 Å². The average molecular weight is 326 g/mol. The van der Waals surface area contributed by atoms with Crippen molar-refractivity contribution in [2.45, 2.75) is 32.2 Å². The number of carbonyl (C=O) groups is 1. The topological polar surface area (TPSA) is 81.3 Å². The number of carbonyl (C=O) groups excluding carboxylic acids is 1. The first-order chi connectivity index (χ1) is 11.6. The molecule has 0 aliphatic carbocycles. The van der Waals surface area contributed by atoms with Crippen LogP contribution in [0.4, 0.5) is 5.95 Å². The van der Waals surface area contributed by atoms with Crippen LogP contribution in [0, 0.1) is 0 Å². The Hall–Kier alpha value is -2.63. The molecule has 1 aliphatic rings. The summed E-state index contributed by atoms with van der Waals surface area (Å²) in [6.07, 6.45) is 4.70. The monoisotopic (exact) mass is 326 g/mol. The van der Waals surface area contributed by atoms with E-state index in [1.807, 2.05) is 29.2 Å². The molecule has 0 spiro atoms. The van der Waals surface area contributed by atoms with Gasteiger partial charge in [-0.3, -0.25) is 4.79 Å². The number of rotatable bonds is 3. The van der Waals surface area contributed by atoms with E-state index in [1.165, 1.54) is 0 Å². The Balaban J connectivity index is 2.09. The van der Waals surface area contributed by atoms with Gasteiger partial charge in [0.15, 0.2) is 0 Å². The van der Waals surface area contributed by atoms with E-state index < -0.39 is 0 Å². The minimum Gasteiger partial charge on any atom is -0.497 e. The van der Waals surface area contributed by atoms with Crippen LogP contribution in [0.1, 0.15) is 37.9 Å². The molecule has 6 heteroatoms. The lowest BCUT2D eigenvalue weighted by molar-refractivity contribution is -0.132. The van der Waals surface area contributed by atoms with Crippen LogP contribution in [-0.2, 0) is 4.79 Å². The Morgan fingerprint density at radius 3 is 2.96 bits per heavy atom. The SMILES string of the molecule is COc1cccc(-c2cnc(N)nc2[C@@H]2CCCCN2C(C)=O)c1. The molecule has 1 fully saturated rings. The Kier molecular flexibility index (Phi) is 4.64. The zero-order chi connectivity index (χ0) is 17.1. The van der Waals surface area contributed by atoms with Gasteiger partial charge in [0, 0.05) is 25.2 Å². The minimum atomic E-state index is -0.0669. The fraction of sp³-hybridized carbons (Fsp3) is 0.389. The van der Waals surface area contributed by atoms with Crippen molar-refractivity contribution >= 4 is 11.9 Å². The summed E-state index contributed by atoms with van der Waals surface area (Å²) < 4.78 is 5.31. The summed E-state index contributed by atoms with van der Waals surface area (Å²) in [7, 11) is 1.64. The predicted molar refractivity (Wildman–Crippen MR) is 92.4 cm³/mol. The summed E-state index contributed by atoms with van der Waals surface area (Å²) in [5.74, 6) is 1.06. The van der Waals surface area contributed by atoms with Crippen molar-refractivity contribution in [2.75, 3.05) is 19.4 Å². The van der Waals surface area contributed by atoms with Gasteiger partial charge in [0.2, 0.25) is 11.9 Å². The molecule has 1 amide bonds. The highest BCUT2D eigenvalue weighted by molar-refractivity contribution is 5.75. The number of benzene rings is 1. The molecule has 1 aromatic heterocycles. The molecule has 0 unspecified atom stereocenters. The van der Waals surface area contributed by atoms with E-state index in [4.69, 9.17) is 10.5 Å². The van der Waals surface area contributed by atoms with E-state index in [2.05, 4.69) is 9.97 Å². The Labute approximate surface area is 141 Å². The van der Waals surface area contributed by atoms with E-state index in [0.29, 0.717) is 0 Å². The summed E-state index contributed by atoms with van der Waals surface area (Å²) in [6, 6.07) is 7.69. The van der Waals surface area contributed by atoms with Crippen LogP contribution in [0.3, 0.4) is 0 Å². The molecule has 1 aliphatic heterocycles. The highest BCUT2D eigenvalue weighted by Crippen LogP contribution is 2.36. The number of nitrogens with two attached hydrogens (primary N) is 1. The second-order valence-electron chi connectivity index (χ2n) is 5.98. The number of hydrogen-bond acceptors (Lipinski definition) is 5. The first-order valence-corrected chi connectivity index (χ1v) is 8.14. The van der Waals surface area contributed by atoms with E-state index in [0.717, 1.165) is 48.4 Å². The van der Waals surface area contributed by atoms with E-state index in [9.17, 15) is 4.79 Å². The number of anilines is 1. The zero-order valence-corrected chi connectivity index (χ0v) is 14.0. The number of nitrogens with zero attached hydrogens (tertiary/aromatic N) is 3. The van der Waals surface area contributed by atoms with Gasteiger partial charge in [0.05, 0.1) is 18.8 Å². The summed E-state index contributed by atoms with van der Waals surface area (Å²) in [5, 5.41) is 0. The van der Waals surface area contributed by atoms with Crippen molar-refractivity contribution in [3.8, 4) is 16.9 Å². The van der Waals surface area contributed by atoms with Crippen molar-refractivity contribution in [1.82, 2.24) is 14.9 Å². The molecule has 0 radical (unpaired) electrons. The molecule has 2 N–H and O–H groups in total. The highest BCUT2D eigenvalue weighted by atomic mass is 16.5. The van der Waals surface area contributed by atoms with Gasteiger partial charge in [-0.15, -0.1) is 0 Å². The van der Waals surface area contributed by atoms with Crippen molar-refractivity contribution in [3.05, 3.63) is 36.2 Å². The van der Waals surface area contributed by atoms with Crippen molar-refractivity contribution in [2.24, 2.45) is 0 Å². The normalized spacial score (nSPS) is 17.6. The fourth-order valence-electron chi connectivity index (χ4n) is 3.27. The van der Waals surface area contributed by atoms with Crippen LogP contribution in [-0.4, -0.2) is 34.4 Å². The molecular weight excluding hydrogens is 304 g/mol. The Morgan fingerprint density at radius 1 is 1.38 bits per heavy atom. The molecule has 3 rings (SSSR count). The average Bonchev–Trinajstić information content (AvgIpc) is 2.61. The number of methoxy groups -OCH3 is 1. The second-order valence-corrected chi connectivity index (χ2v) is 5.98. The number of aromatic nitrogens is 2. The lowest BCUT2D eigenvalue weighted by atomic mass is 9.93. The molecule has 0 bridgehead atoms. The molecule has 0 saturated carbocycles. The number of piperidine rings is 1. The van der Waals surface area contributed by atoms with Gasteiger partial charge in [0.1, 0.15) is 5.75 Å². The summed E-state index contributed by atoms with van der Waals surface area (Å²) in [4.78, 5) is 22.6. The molecule has 24 heavy (non-hydrogen) atoms. The summed E-state index contributed by atoms with van der Waals surface area (Å²) in [5.41, 5.74) is 8.50.